The number of rotatable bonds is 7. The molecule has 0 spiro atoms. The highest BCUT2D eigenvalue weighted by molar-refractivity contribution is 6.32. The SMILES string of the molecule is CC(C)(C)OC(=O)N1CCOC(Cc2ccc(OC(Cc3ccccc3)c3ncc[nH]3)c(Cl)c2)C1. The summed E-state index contributed by atoms with van der Waals surface area (Å²) < 4.78 is 17.7. The summed E-state index contributed by atoms with van der Waals surface area (Å²) in [7, 11) is 0. The van der Waals surface area contributed by atoms with Crippen molar-refractivity contribution in [1.29, 1.82) is 0 Å². The summed E-state index contributed by atoms with van der Waals surface area (Å²) in [6, 6.07) is 15.9. The molecule has 2 unspecified atom stereocenters. The van der Waals surface area contributed by atoms with Crippen molar-refractivity contribution in [2.75, 3.05) is 19.7 Å². The minimum absolute atomic E-state index is 0.131. The lowest BCUT2D eigenvalue weighted by Gasteiger charge is -2.34. The fourth-order valence-electron chi connectivity index (χ4n) is 3.99. The molecule has 8 heteroatoms. The summed E-state index contributed by atoms with van der Waals surface area (Å²) in [5, 5.41) is 0.520. The van der Waals surface area contributed by atoms with Gasteiger partial charge in [0.25, 0.3) is 0 Å². The van der Waals surface area contributed by atoms with E-state index in [-0.39, 0.29) is 18.3 Å². The van der Waals surface area contributed by atoms with E-state index in [0.29, 0.717) is 43.3 Å². The van der Waals surface area contributed by atoms with Crippen molar-refractivity contribution < 1.29 is 19.0 Å². The summed E-state index contributed by atoms with van der Waals surface area (Å²) in [6.07, 6.45) is 4.04. The highest BCUT2D eigenvalue weighted by Gasteiger charge is 2.28. The van der Waals surface area contributed by atoms with Crippen LogP contribution in [-0.2, 0) is 22.3 Å². The van der Waals surface area contributed by atoms with Crippen LogP contribution in [0.15, 0.2) is 60.9 Å². The third-order valence-electron chi connectivity index (χ3n) is 5.61. The molecule has 1 N–H and O–H groups in total. The Labute approximate surface area is 211 Å². The smallest absolute Gasteiger partial charge is 0.410 e. The largest absolute Gasteiger partial charge is 0.481 e. The molecule has 2 aromatic carbocycles. The number of aromatic nitrogens is 2. The Kier molecular flexibility index (Phi) is 7.98. The average Bonchev–Trinajstić information content (AvgIpc) is 3.35. The van der Waals surface area contributed by atoms with Gasteiger partial charge in [0.05, 0.1) is 24.3 Å². The third kappa shape index (κ3) is 7.23. The van der Waals surface area contributed by atoms with Crippen LogP contribution in [0, 0.1) is 0 Å². The minimum atomic E-state index is -0.526. The predicted molar refractivity (Wildman–Crippen MR) is 135 cm³/mol. The van der Waals surface area contributed by atoms with Gasteiger partial charge in [0.1, 0.15) is 17.2 Å². The molecular formula is C27H32ClN3O4. The van der Waals surface area contributed by atoms with E-state index in [2.05, 4.69) is 22.1 Å². The second-order valence-electron chi connectivity index (χ2n) is 9.66. The van der Waals surface area contributed by atoms with Crippen LogP contribution in [0.1, 0.15) is 43.8 Å². The van der Waals surface area contributed by atoms with Crippen molar-refractivity contribution in [2.24, 2.45) is 0 Å². The molecule has 2 atom stereocenters. The highest BCUT2D eigenvalue weighted by Crippen LogP contribution is 2.31. The lowest BCUT2D eigenvalue weighted by atomic mass is 10.1. The number of halogens is 1. The first-order chi connectivity index (χ1) is 16.8. The summed E-state index contributed by atoms with van der Waals surface area (Å²) in [5.74, 6) is 1.33. The van der Waals surface area contributed by atoms with Gasteiger partial charge in [0.2, 0.25) is 0 Å². The number of amides is 1. The van der Waals surface area contributed by atoms with Gasteiger partial charge in [-0.1, -0.05) is 48.0 Å². The molecular weight excluding hydrogens is 466 g/mol. The predicted octanol–water partition coefficient (Wildman–Crippen LogP) is 5.60. The number of ether oxygens (including phenoxy) is 3. The number of hydrogen-bond donors (Lipinski definition) is 1. The summed E-state index contributed by atoms with van der Waals surface area (Å²) >= 11 is 6.63. The van der Waals surface area contributed by atoms with Gasteiger partial charge in [0.15, 0.2) is 6.10 Å². The standard InChI is InChI=1S/C27H32ClN3O4/c1-27(2,3)35-26(32)31-13-14-33-21(18-31)15-20-9-10-23(22(28)16-20)34-24(25-29-11-12-30-25)17-19-7-5-4-6-8-19/h4-12,16,21,24H,13-15,17-18H2,1-3H3,(H,29,30). The number of carbonyl (C=O) groups is 1. The van der Waals surface area contributed by atoms with E-state index in [4.69, 9.17) is 25.8 Å². The second kappa shape index (κ2) is 11.1. The van der Waals surface area contributed by atoms with E-state index >= 15 is 0 Å². The Bertz CT molecular complexity index is 1100. The van der Waals surface area contributed by atoms with Crippen LogP contribution in [0.25, 0.3) is 0 Å². The van der Waals surface area contributed by atoms with Crippen molar-refractivity contribution in [3.05, 3.63) is 82.9 Å². The zero-order valence-electron chi connectivity index (χ0n) is 20.4. The molecule has 35 heavy (non-hydrogen) atoms. The van der Waals surface area contributed by atoms with Crippen LogP contribution in [0.2, 0.25) is 5.02 Å². The molecule has 186 valence electrons. The maximum atomic E-state index is 12.4. The molecule has 2 heterocycles. The minimum Gasteiger partial charge on any atom is -0.481 e. The van der Waals surface area contributed by atoms with Crippen molar-refractivity contribution in [3.8, 4) is 5.75 Å². The Morgan fingerprint density at radius 2 is 2.03 bits per heavy atom. The van der Waals surface area contributed by atoms with Crippen LogP contribution in [-0.4, -0.2) is 52.4 Å². The molecule has 0 saturated carbocycles. The van der Waals surface area contributed by atoms with Gasteiger partial charge in [0, 0.05) is 31.8 Å². The number of nitrogens with one attached hydrogen (secondary N) is 1. The number of imidazole rings is 1. The van der Waals surface area contributed by atoms with Crippen molar-refractivity contribution in [2.45, 2.75) is 51.4 Å². The molecule has 0 radical (unpaired) electrons. The van der Waals surface area contributed by atoms with Crippen LogP contribution in [0.3, 0.4) is 0 Å². The van der Waals surface area contributed by atoms with Gasteiger partial charge < -0.3 is 24.1 Å². The number of aromatic amines is 1. The van der Waals surface area contributed by atoms with Crippen LogP contribution in [0.4, 0.5) is 4.79 Å². The van der Waals surface area contributed by atoms with Gasteiger partial charge >= 0.3 is 6.09 Å². The van der Waals surface area contributed by atoms with Crippen LogP contribution in [0.5, 0.6) is 5.75 Å². The Morgan fingerprint density at radius 1 is 1.23 bits per heavy atom. The molecule has 1 fully saturated rings. The lowest BCUT2D eigenvalue weighted by molar-refractivity contribution is -0.0415. The maximum absolute atomic E-state index is 12.4. The van der Waals surface area contributed by atoms with Gasteiger partial charge in [-0.05, 0) is 44.0 Å². The summed E-state index contributed by atoms with van der Waals surface area (Å²) in [4.78, 5) is 21.7. The van der Waals surface area contributed by atoms with Crippen LogP contribution >= 0.6 is 11.6 Å². The number of benzene rings is 2. The number of hydrogen-bond acceptors (Lipinski definition) is 5. The first-order valence-corrected chi connectivity index (χ1v) is 12.2. The second-order valence-corrected chi connectivity index (χ2v) is 10.1. The molecule has 1 aliphatic heterocycles. The average molecular weight is 498 g/mol. The zero-order chi connectivity index (χ0) is 24.8. The summed E-state index contributed by atoms with van der Waals surface area (Å²) in [6.45, 7) is 7.07. The molecule has 0 aliphatic carbocycles. The monoisotopic (exact) mass is 497 g/mol. The normalized spacial score (nSPS) is 17.1. The van der Waals surface area contributed by atoms with Crippen molar-refractivity contribution >= 4 is 17.7 Å². The highest BCUT2D eigenvalue weighted by atomic mass is 35.5. The van der Waals surface area contributed by atoms with Gasteiger partial charge in [-0.2, -0.15) is 0 Å². The van der Waals surface area contributed by atoms with Crippen molar-refractivity contribution in [1.82, 2.24) is 14.9 Å². The van der Waals surface area contributed by atoms with Gasteiger partial charge in [-0.3, -0.25) is 0 Å². The molecule has 0 bridgehead atoms. The van der Waals surface area contributed by atoms with E-state index in [1.165, 1.54) is 0 Å². The van der Waals surface area contributed by atoms with E-state index < -0.39 is 5.60 Å². The van der Waals surface area contributed by atoms with Gasteiger partial charge in [-0.25, -0.2) is 9.78 Å². The molecule has 1 amide bonds. The molecule has 1 saturated heterocycles. The Hall–Kier alpha value is -3.03. The Morgan fingerprint density at radius 3 is 2.71 bits per heavy atom. The fraction of sp³-hybridized carbons (Fsp3) is 0.407. The molecule has 7 nitrogen and oxygen atoms in total. The first kappa shape index (κ1) is 25.1. The number of nitrogens with zero attached hydrogens (tertiary/aromatic N) is 2. The number of H-pyrrole nitrogens is 1. The molecule has 3 aromatic rings. The third-order valence-corrected chi connectivity index (χ3v) is 5.90. The summed E-state index contributed by atoms with van der Waals surface area (Å²) in [5.41, 5.74) is 1.63. The first-order valence-electron chi connectivity index (χ1n) is 11.8. The van der Waals surface area contributed by atoms with E-state index in [1.54, 1.807) is 17.3 Å². The topological polar surface area (TPSA) is 76.7 Å². The maximum Gasteiger partial charge on any atom is 0.410 e. The number of carbonyl (C=O) groups excluding carboxylic acids is 1. The fourth-order valence-corrected chi connectivity index (χ4v) is 4.24. The van der Waals surface area contributed by atoms with E-state index in [1.807, 2.05) is 57.2 Å². The lowest BCUT2D eigenvalue weighted by Crippen LogP contribution is -2.48. The zero-order valence-corrected chi connectivity index (χ0v) is 21.1. The van der Waals surface area contributed by atoms with Crippen molar-refractivity contribution in [3.63, 3.8) is 0 Å². The van der Waals surface area contributed by atoms with E-state index in [0.717, 1.165) is 17.0 Å². The molecule has 1 aromatic heterocycles. The van der Waals surface area contributed by atoms with E-state index in [9.17, 15) is 4.79 Å². The quantitative estimate of drug-likeness (QED) is 0.459. The van der Waals surface area contributed by atoms with Crippen LogP contribution < -0.4 is 4.74 Å². The Balaban J connectivity index is 1.41. The number of morpholine rings is 1. The molecule has 4 rings (SSSR count). The molecule has 1 aliphatic rings. The van der Waals surface area contributed by atoms with Gasteiger partial charge in [-0.15, -0.1) is 0 Å².